The Bertz CT molecular complexity index is 1210. The fourth-order valence-corrected chi connectivity index (χ4v) is 6.77. The summed E-state index contributed by atoms with van der Waals surface area (Å²) in [7, 11) is -3.83. The Morgan fingerprint density at radius 3 is 2.76 bits per heavy atom. The minimum Gasteiger partial charge on any atom is -0.476 e. The summed E-state index contributed by atoms with van der Waals surface area (Å²) < 4.78 is 44.2. The molecule has 2 saturated heterocycles. The Morgan fingerprint density at radius 2 is 2.11 bits per heavy atom. The first-order valence-electron chi connectivity index (χ1n) is 12.7. The number of nitrogens with two attached hydrogens (primary N) is 1. The van der Waals surface area contributed by atoms with Gasteiger partial charge in [-0.3, -0.25) is 18.4 Å². The number of anilines is 1. The van der Waals surface area contributed by atoms with E-state index >= 15 is 0 Å². The molecule has 38 heavy (non-hydrogen) atoms. The van der Waals surface area contributed by atoms with Crippen LogP contribution in [0.1, 0.15) is 54.2 Å². The number of rotatable bonds is 10. The number of carbonyl (C=O) groups is 1. The lowest BCUT2D eigenvalue weighted by atomic mass is 10.0. The summed E-state index contributed by atoms with van der Waals surface area (Å²) >= 11 is 7.05. The molecular weight excluding hydrogens is 539 g/mol. The average Bonchev–Trinajstić information content (AvgIpc) is 3.34. The molecular formula is C23H36ClN6O7P. The SMILES string of the molecule is CCOc1nc(N)nc2c1ncn2[C@@H]1O[C@@H]2CO[P@](=O)(N[C@@H](COC(=O)C(C)C)CC(C)C)OC2[C@@]1(C)Cl. The fourth-order valence-electron chi connectivity index (χ4n) is 4.54. The normalized spacial score (nSPS) is 30.1. The van der Waals surface area contributed by atoms with E-state index in [1.165, 1.54) is 6.33 Å². The highest BCUT2D eigenvalue weighted by molar-refractivity contribution is 7.51. The van der Waals surface area contributed by atoms with E-state index in [0.29, 0.717) is 24.2 Å². The summed E-state index contributed by atoms with van der Waals surface area (Å²) in [6.07, 6.45) is -0.123. The molecule has 0 aliphatic carbocycles. The minimum atomic E-state index is -3.83. The van der Waals surface area contributed by atoms with Crippen molar-refractivity contribution >= 4 is 42.4 Å². The average molecular weight is 575 g/mol. The van der Waals surface area contributed by atoms with Crippen molar-refractivity contribution in [1.29, 1.82) is 0 Å². The van der Waals surface area contributed by atoms with Crippen molar-refractivity contribution in [2.45, 2.75) is 77.3 Å². The quantitative estimate of drug-likeness (QED) is 0.242. The standard InChI is InChI=1S/C23H36ClN6O7P/c1-7-33-19-16-18(27-22(25)28-19)30(11-26-16)21-23(6,24)17-15(36-21)10-35-38(32,37-17)29-14(8-12(2)3)9-34-20(31)13(4)5/h11-15,17,21H,7-10H2,1-6H3,(H,29,32)(H2,25,27,28)/t14-,15-,17?,21-,23-,38-/m1/s1. The highest BCUT2D eigenvalue weighted by Crippen LogP contribution is 2.58. The molecule has 2 aromatic heterocycles. The van der Waals surface area contributed by atoms with Crippen LogP contribution in [0, 0.1) is 11.8 Å². The number of hydrogen-bond acceptors (Lipinski definition) is 11. The van der Waals surface area contributed by atoms with E-state index in [1.807, 2.05) is 20.8 Å². The first-order chi connectivity index (χ1) is 17.8. The van der Waals surface area contributed by atoms with Crippen molar-refractivity contribution < 1.29 is 32.6 Å². The van der Waals surface area contributed by atoms with Gasteiger partial charge in [0.1, 0.15) is 23.7 Å². The zero-order valence-corrected chi connectivity index (χ0v) is 24.1. The Hall–Kier alpha value is -2.02. The first kappa shape index (κ1) is 29.0. The van der Waals surface area contributed by atoms with Gasteiger partial charge in [0.15, 0.2) is 17.4 Å². The second-order valence-corrected chi connectivity index (χ2v) is 12.9. The maximum absolute atomic E-state index is 13.7. The number of nitrogens with zero attached hydrogens (tertiary/aromatic N) is 4. The molecule has 4 heterocycles. The summed E-state index contributed by atoms with van der Waals surface area (Å²) in [6, 6.07) is -0.450. The molecule has 212 valence electrons. The Balaban J connectivity index is 1.55. The van der Waals surface area contributed by atoms with Crippen molar-refractivity contribution in [1.82, 2.24) is 24.6 Å². The molecule has 0 amide bonds. The molecule has 1 unspecified atom stereocenters. The molecule has 15 heteroatoms. The third kappa shape index (κ3) is 5.93. The zero-order valence-electron chi connectivity index (χ0n) is 22.4. The van der Waals surface area contributed by atoms with E-state index in [2.05, 4.69) is 20.0 Å². The lowest BCUT2D eigenvalue weighted by molar-refractivity contribution is -0.148. The van der Waals surface area contributed by atoms with Gasteiger partial charge in [0, 0.05) is 0 Å². The molecule has 3 N–H and O–H groups in total. The van der Waals surface area contributed by atoms with Crippen LogP contribution in [-0.4, -0.2) is 68.4 Å². The van der Waals surface area contributed by atoms with E-state index in [1.54, 1.807) is 25.3 Å². The van der Waals surface area contributed by atoms with Crippen LogP contribution in [-0.2, 0) is 27.9 Å². The molecule has 2 aliphatic rings. The number of esters is 1. The molecule has 4 rings (SSSR count). The highest BCUT2D eigenvalue weighted by atomic mass is 35.5. The van der Waals surface area contributed by atoms with Crippen molar-refractivity contribution in [3.8, 4) is 5.88 Å². The number of ether oxygens (including phenoxy) is 3. The van der Waals surface area contributed by atoms with E-state index in [9.17, 15) is 9.36 Å². The lowest BCUT2D eigenvalue weighted by Crippen LogP contribution is -2.47. The van der Waals surface area contributed by atoms with Crippen LogP contribution in [0.4, 0.5) is 5.95 Å². The summed E-state index contributed by atoms with van der Waals surface area (Å²) in [5.74, 6) is -0.116. The number of nitrogen functional groups attached to an aromatic ring is 1. The number of aromatic nitrogens is 4. The van der Waals surface area contributed by atoms with Crippen LogP contribution in [0.2, 0.25) is 0 Å². The molecule has 0 spiro atoms. The van der Waals surface area contributed by atoms with Crippen molar-refractivity contribution in [2.24, 2.45) is 11.8 Å². The van der Waals surface area contributed by atoms with Crippen molar-refractivity contribution in [3.05, 3.63) is 6.33 Å². The van der Waals surface area contributed by atoms with Gasteiger partial charge in [-0.15, -0.1) is 11.6 Å². The fraction of sp³-hybridized carbons (Fsp3) is 0.739. The van der Waals surface area contributed by atoms with Gasteiger partial charge >= 0.3 is 13.7 Å². The predicted octanol–water partition coefficient (Wildman–Crippen LogP) is 3.43. The first-order valence-corrected chi connectivity index (χ1v) is 14.6. The Kier molecular flexibility index (Phi) is 8.56. The van der Waals surface area contributed by atoms with Gasteiger partial charge in [-0.1, -0.05) is 27.7 Å². The summed E-state index contributed by atoms with van der Waals surface area (Å²) in [4.78, 5) is 23.6. The number of nitrogens with one attached hydrogen (secondary N) is 1. The number of carbonyl (C=O) groups excluding carboxylic acids is 1. The number of alkyl halides is 1. The smallest absolute Gasteiger partial charge is 0.406 e. The molecule has 0 radical (unpaired) electrons. The second kappa shape index (κ2) is 11.2. The van der Waals surface area contributed by atoms with Gasteiger partial charge in [0.2, 0.25) is 11.8 Å². The van der Waals surface area contributed by atoms with Gasteiger partial charge in [-0.25, -0.2) is 14.6 Å². The Labute approximate surface area is 226 Å². The minimum absolute atomic E-state index is 0.0111. The van der Waals surface area contributed by atoms with Gasteiger partial charge in [0.25, 0.3) is 0 Å². The third-order valence-electron chi connectivity index (χ3n) is 6.28. The highest BCUT2D eigenvalue weighted by Gasteiger charge is 2.60. The monoisotopic (exact) mass is 574 g/mol. The van der Waals surface area contributed by atoms with E-state index in [-0.39, 0.29) is 42.8 Å². The van der Waals surface area contributed by atoms with Crippen LogP contribution in [0.25, 0.3) is 11.2 Å². The number of imidazole rings is 1. The maximum atomic E-state index is 13.7. The van der Waals surface area contributed by atoms with Crippen molar-refractivity contribution in [3.63, 3.8) is 0 Å². The summed E-state index contributed by atoms with van der Waals surface area (Å²) in [5.41, 5.74) is 6.69. The largest absolute Gasteiger partial charge is 0.476 e. The second-order valence-electron chi connectivity index (χ2n) is 10.4. The van der Waals surface area contributed by atoms with Crippen LogP contribution in [0.3, 0.4) is 0 Å². The van der Waals surface area contributed by atoms with E-state index < -0.39 is 37.1 Å². The number of fused-ring (bicyclic) bond motifs is 2. The van der Waals surface area contributed by atoms with Gasteiger partial charge in [-0.2, -0.15) is 9.97 Å². The topological polar surface area (TPSA) is 162 Å². The number of hydrogen-bond donors (Lipinski definition) is 2. The van der Waals surface area contributed by atoms with E-state index in [4.69, 9.17) is 40.6 Å². The molecule has 6 atom stereocenters. The number of halogens is 1. The third-order valence-corrected chi connectivity index (χ3v) is 8.35. The Morgan fingerprint density at radius 1 is 1.37 bits per heavy atom. The molecule has 2 fully saturated rings. The molecule has 13 nitrogen and oxygen atoms in total. The molecule has 2 aromatic rings. The van der Waals surface area contributed by atoms with Gasteiger partial charge in [0.05, 0.1) is 31.5 Å². The summed E-state index contributed by atoms with van der Waals surface area (Å²) in [6.45, 7) is 11.5. The van der Waals surface area contributed by atoms with Gasteiger partial charge in [-0.05, 0) is 26.2 Å². The summed E-state index contributed by atoms with van der Waals surface area (Å²) in [5, 5.41) is 2.96. The molecule has 0 saturated carbocycles. The molecule has 0 bridgehead atoms. The molecule has 0 aromatic carbocycles. The zero-order chi connectivity index (χ0) is 27.8. The maximum Gasteiger partial charge on any atom is 0.406 e. The van der Waals surface area contributed by atoms with Crippen LogP contribution >= 0.6 is 19.3 Å². The lowest BCUT2D eigenvalue weighted by Gasteiger charge is -2.36. The predicted molar refractivity (Wildman–Crippen MR) is 140 cm³/mol. The van der Waals surface area contributed by atoms with Gasteiger partial charge < -0.3 is 19.9 Å². The van der Waals surface area contributed by atoms with Crippen LogP contribution < -0.4 is 15.6 Å². The van der Waals surface area contributed by atoms with Crippen LogP contribution in [0.5, 0.6) is 5.88 Å². The van der Waals surface area contributed by atoms with Crippen LogP contribution in [0.15, 0.2) is 6.33 Å². The molecule has 2 aliphatic heterocycles. The van der Waals surface area contributed by atoms with E-state index in [0.717, 1.165) is 0 Å². The van der Waals surface area contributed by atoms with Crippen molar-refractivity contribution in [2.75, 3.05) is 25.6 Å².